The number of pyridine rings is 1. The van der Waals surface area contributed by atoms with Crippen LogP contribution in [0.5, 0.6) is 0 Å². The number of hydrogen-bond acceptors (Lipinski definition) is 3. The maximum atomic E-state index is 12.9. The van der Waals surface area contributed by atoms with E-state index >= 15 is 0 Å². The summed E-state index contributed by atoms with van der Waals surface area (Å²) in [4.78, 5) is 19.3. The molecule has 21 heavy (non-hydrogen) atoms. The molecule has 0 bridgehead atoms. The molecule has 0 atom stereocenters. The van der Waals surface area contributed by atoms with Crippen LogP contribution in [0.3, 0.4) is 0 Å². The first-order valence-electron chi connectivity index (χ1n) is 7.73. The molecule has 0 unspecified atom stereocenters. The van der Waals surface area contributed by atoms with E-state index in [0.717, 1.165) is 36.8 Å². The monoisotopic (exact) mass is 353 g/mol. The molecular weight excluding hydrogens is 330 g/mol. The van der Waals surface area contributed by atoms with E-state index in [9.17, 15) is 4.79 Å². The van der Waals surface area contributed by atoms with Crippen molar-refractivity contribution >= 4 is 27.7 Å². The summed E-state index contributed by atoms with van der Waals surface area (Å²) in [6.07, 6.45) is 5.02. The number of nitrogens with one attached hydrogen (secondary N) is 1. The van der Waals surface area contributed by atoms with Gasteiger partial charge < -0.3 is 10.2 Å². The van der Waals surface area contributed by atoms with Crippen LogP contribution >= 0.6 is 15.9 Å². The number of halogens is 1. The van der Waals surface area contributed by atoms with Crippen LogP contribution in [0, 0.1) is 5.92 Å². The summed E-state index contributed by atoms with van der Waals surface area (Å²) in [6, 6.07) is 2.29. The molecule has 116 valence electrons. The number of hydrogen-bond donors (Lipinski definition) is 1. The Morgan fingerprint density at radius 2 is 2.24 bits per heavy atom. The molecule has 0 spiro atoms. The zero-order valence-electron chi connectivity index (χ0n) is 13.0. The highest BCUT2D eigenvalue weighted by Crippen LogP contribution is 2.30. The van der Waals surface area contributed by atoms with Crippen molar-refractivity contribution in [3.8, 4) is 0 Å². The molecule has 1 saturated carbocycles. The average Bonchev–Trinajstić information content (AvgIpc) is 3.25. The second-order valence-corrected chi connectivity index (χ2v) is 6.91. The van der Waals surface area contributed by atoms with Gasteiger partial charge in [-0.15, -0.1) is 0 Å². The second kappa shape index (κ2) is 7.25. The van der Waals surface area contributed by atoms with Gasteiger partial charge in [-0.25, -0.2) is 4.98 Å². The first-order chi connectivity index (χ1) is 10.0. The molecule has 0 aliphatic heterocycles. The summed E-state index contributed by atoms with van der Waals surface area (Å²) in [5, 5.41) is 3.18. The quantitative estimate of drug-likeness (QED) is 0.807. The smallest absolute Gasteiger partial charge is 0.257 e. The lowest BCUT2D eigenvalue weighted by Gasteiger charge is -2.24. The fourth-order valence-electron chi connectivity index (χ4n) is 2.30. The number of rotatable bonds is 7. The highest BCUT2D eigenvalue weighted by Gasteiger charge is 2.33. The Morgan fingerprint density at radius 1 is 1.52 bits per heavy atom. The summed E-state index contributed by atoms with van der Waals surface area (Å²) in [5.41, 5.74) is 0.668. The van der Waals surface area contributed by atoms with E-state index in [2.05, 4.69) is 40.1 Å². The molecule has 1 aromatic heterocycles. The number of anilines is 1. The summed E-state index contributed by atoms with van der Waals surface area (Å²) < 4.78 is 0.840. The molecule has 0 aromatic carbocycles. The third kappa shape index (κ3) is 4.43. The van der Waals surface area contributed by atoms with Crippen molar-refractivity contribution in [2.75, 3.05) is 18.4 Å². The SMILES string of the molecule is CCNc1ncc(Br)cc1C(=O)N(CCC(C)C)C1CC1. The van der Waals surface area contributed by atoms with Crippen LogP contribution in [0.1, 0.15) is 50.4 Å². The number of carbonyl (C=O) groups is 1. The fourth-order valence-corrected chi connectivity index (χ4v) is 2.63. The van der Waals surface area contributed by atoms with E-state index in [1.165, 1.54) is 0 Å². The van der Waals surface area contributed by atoms with Gasteiger partial charge >= 0.3 is 0 Å². The van der Waals surface area contributed by atoms with E-state index in [0.29, 0.717) is 23.3 Å². The topological polar surface area (TPSA) is 45.2 Å². The van der Waals surface area contributed by atoms with E-state index in [1.54, 1.807) is 6.20 Å². The van der Waals surface area contributed by atoms with Crippen LogP contribution in [-0.2, 0) is 0 Å². The van der Waals surface area contributed by atoms with Crippen LogP contribution in [0.25, 0.3) is 0 Å². The van der Waals surface area contributed by atoms with Crippen LogP contribution in [-0.4, -0.2) is 34.9 Å². The summed E-state index contributed by atoms with van der Waals surface area (Å²) >= 11 is 3.42. The minimum atomic E-state index is 0.0999. The molecule has 2 rings (SSSR count). The Balaban J connectivity index is 2.21. The molecule has 4 nitrogen and oxygen atoms in total. The summed E-state index contributed by atoms with van der Waals surface area (Å²) in [7, 11) is 0. The molecule has 1 N–H and O–H groups in total. The Hall–Kier alpha value is -1.10. The van der Waals surface area contributed by atoms with Crippen molar-refractivity contribution in [3.63, 3.8) is 0 Å². The largest absolute Gasteiger partial charge is 0.370 e. The Kier molecular flexibility index (Phi) is 5.62. The van der Waals surface area contributed by atoms with Crippen LogP contribution < -0.4 is 5.32 Å². The molecule has 0 saturated heterocycles. The predicted molar refractivity (Wildman–Crippen MR) is 89.6 cm³/mol. The first kappa shape index (κ1) is 16.3. The maximum absolute atomic E-state index is 12.9. The zero-order chi connectivity index (χ0) is 15.4. The number of amides is 1. The van der Waals surface area contributed by atoms with Crippen molar-refractivity contribution in [3.05, 3.63) is 22.3 Å². The molecule has 1 aliphatic rings. The maximum Gasteiger partial charge on any atom is 0.257 e. The van der Waals surface area contributed by atoms with Gasteiger partial charge in [-0.1, -0.05) is 13.8 Å². The van der Waals surface area contributed by atoms with Crippen molar-refractivity contribution in [2.24, 2.45) is 5.92 Å². The van der Waals surface area contributed by atoms with Crippen molar-refractivity contribution in [1.82, 2.24) is 9.88 Å². The lowest BCUT2D eigenvalue weighted by atomic mass is 10.1. The normalized spacial score (nSPS) is 14.3. The minimum Gasteiger partial charge on any atom is -0.370 e. The number of aromatic nitrogens is 1. The molecule has 0 radical (unpaired) electrons. The highest BCUT2D eigenvalue weighted by molar-refractivity contribution is 9.10. The van der Waals surface area contributed by atoms with Crippen LogP contribution in [0.2, 0.25) is 0 Å². The van der Waals surface area contributed by atoms with E-state index < -0.39 is 0 Å². The lowest BCUT2D eigenvalue weighted by molar-refractivity contribution is 0.0736. The van der Waals surface area contributed by atoms with Gasteiger partial charge in [0.25, 0.3) is 5.91 Å². The minimum absolute atomic E-state index is 0.0999. The molecule has 1 amide bonds. The zero-order valence-corrected chi connectivity index (χ0v) is 14.6. The van der Waals surface area contributed by atoms with Crippen molar-refractivity contribution < 1.29 is 4.79 Å². The number of carbonyl (C=O) groups excluding carboxylic acids is 1. The van der Waals surface area contributed by atoms with Crippen molar-refractivity contribution in [1.29, 1.82) is 0 Å². The molecule has 5 heteroatoms. The Morgan fingerprint density at radius 3 is 2.81 bits per heavy atom. The van der Waals surface area contributed by atoms with E-state index in [1.807, 2.05) is 17.9 Å². The first-order valence-corrected chi connectivity index (χ1v) is 8.52. The molecular formula is C16H24BrN3O. The molecule has 1 fully saturated rings. The molecule has 1 heterocycles. The number of nitrogens with zero attached hydrogens (tertiary/aromatic N) is 2. The third-order valence-electron chi connectivity index (χ3n) is 3.62. The van der Waals surface area contributed by atoms with Crippen molar-refractivity contribution in [2.45, 2.75) is 46.1 Å². The predicted octanol–water partition coefficient (Wildman–Crippen LogP) is 3.93. The van der Waals surface area contributed by atoms with Gasteiger partial charge in [0.2, 0.25) is 0 Å². The third-order valence-corrected chi connectivity index (χ3v) is 4.06. The fraction of sp³-hybridized carbons (Fsp3) is 0.625. The highest BCUT2D eigenvalue weighted by atomic mass is 79.9. The molecule has 1 aliphatic carbocycles. The van der Waals surface area contributed by atoms with Gasteiger partial charge in [-0.2, -0.15) is 0 Å². The Labute approximate surface area is 135 Å². The van der Waals surface area contributed by atoms with Crippen LogP contribution in [0.15, 0.2) is 16.7 Å². The molecule has 1 aromatic rings. The van der Waals surface area contributed by atoms with Gasteiger partial charge in [-0.05, 0) is 54.1 Å². The lowest BCUT2D eigenvalue weighted by Crippen LogP contribution is -2.35. The van der Waals surface area contributed by atoms with Gasteiger partial charge in [-0.3, -0.25) is 4.79 Å². The standard InChI is InChI=1S/C16H24BrN3O/c1-4-18-15-14(9-12(17)10-19-15)16(21)20(13-5-6-13)8-7-11(2)3/h9-11,13H,4-8H2,1-3H3,(H,18,19). The van der Waals surface area contributed by atoms with Gasteiger partial charge in [0, 0.05) is 29.8 Å². The summed E-state index contributed by atoms with van der Waals surface area (Å²) in [6.45, 7) is 7.99. The van der Waals surface area contributed by atoms with E-state index in [-0.39, 0.29) is 5.91 Å². The van der Waals surface area contributed by atoms with E-state index in [4.69, 9.17) is 0 Å². The van der Waals surface area contributed by atoms with Gasteiger partial charge in [0.05, 0.1) is 5.56 Å². The van der Waals surface area contributed by atoms with Gasteiger partial charge in [0.1, 0.15) is 5.82 Å². The van der Waals surface area contributed by atoms with Crippen LogP contribution in [0.4, 0.5) is 5.82 Å². The van der Waals surface area contributed by atoms with Gasteiger partial charge in [0.15, 0.2) is 0 Å². The average molecular weight is 354 g/mol. The summed E-state index contributed by atoms with van der Waals surface area (Å²) in [5.74, 6) is 1.39. The second-order valence-electron chi connectivity index (χ2n) is 5.99. The Bertz CT molecular complexity index is 500.